The van der Waals surface area contributed by atoms with Crippen LogP contribution in [0.4, 0.5) is 21.5 Å². The van der Waals surface area contributed by atoms with Crippen LogP contribution < -0.4 is 10.3 Å². The van der Waals surface area contributed by atoms with Gasteiger partial charge in [0.05, 0.1) is 39.5 Å². The normalized spacial score (nSPS) is 25.9. The number of benzene rings is 4. The molecule has 13 heteroatoms. The van der Waals surface area contributed by atoms with Crippen LogP contribution in [0.1, 0.15) is 35.4 Å². The Kier molecular flexibility index (Phi) is 8.45. The fourth-order valence-corrected chi connectivity index (χ4v) is 9.27. The highest BCUT2D eigenvalue weighted by Gasteiger charge is 2.70. The van der Waals surface area contributed by atoms with E-state index in [1.54, 1.807) is 48.5 Å². The molecule has 2 N–H and O–H groups in total. The van der Waals surface area contributed by atoms with Gasteiger partial charge in [0.25, 0.3) is 17.5 Å². The van der Waals surface area contributed by atoms with Gasteiger partial charge in [0.2, 0.25) is 11.8 Å². The number of nitrogens with zero attached hydrogens (tertiary/aromatic N) is 3. The Morgan fingerprint density at radius 1 is 0.944 bits per heavy atom. The lowest BCUT2D eigenvalue weighted by molar-refractivity contribution is -0.384. The standard InChI is InChI=1S/C41H32ClFN4O7/c1-2-4-22-5-3-6-31(36(22)48)35-29-19-20-30-34(39(51)45(37(30)49)27-15-17-28(18-16-27)47(53)54)32(29)21-33-38(50)46(44-26-13-11-25(43)12-14-26)40(52)41(33,35)23-7-9-24(42)10-8-23/h2-3,5-19,30,32-35,44,48H,1,4,20-21H2. The summed E-state index contributed by atoms with van der Waals surface area (Å²) in [5, 5.41) is 24.6. The van der Waals surface area contributed by atoms with Crippen molar-refractivity contribution in [1.29, 1.82) is 0 Å². The summed E-state index contributed by atoms with van der Waals surface area (Å²) in [7, 11) is 0. The van der Waals surface area contributed by atoms with E-state index in [1.807, 2.05) is 6.08 Å². The summed E-state index contributed by atoms with van der Waals surface area (Å²) in [6, 6.07) is 22.2. The number of phenolic OH excluding ortho intramolecular Hbond substituents is 1. The lowest BCUT2D eigenvalue weighted by atomic mass is 9.49. The summed E-state index contributed by atoms with van der Waals surface area (Å²) in [5.74, 6) is -7.37. The lowest BCUT2D eigenvalue weighted by Crippen LogP contribution is -2.53. The Hall–Kier alpha value is -6.14. The van der Waals surface area contributed by atoms with E-state index in [9.17, 15) is 34.0 Å². The second-order valence-electron chi connectivity index (χ2n) is 14.0. The molecule has 8 rings (SSSR count). The molecule has 4 aliphatic rings. The number of fused-ring (bicyclic) bond motifs is 4. The van der Waals surface area contributed by atoms with Crippen molar-refractivity contribution in [2.24, 2.45) is 23.7 Å². The number of allylic oxidation sites excluding steroid dienone is 3. The third-order valence-electron chi connectivity index (χ3n) is 11.4. The molecule has 2 aliphatic heterocycles. The van der Waals surface area contributed by atoms with E-state index < -0.39 is 69.4 Å². The van der Waals surface area contributed by atoms with Crippen molar-refractivity contribution in [3.8, 4) is 5.75 Å². The summed E-state index contributed by atoms with van der Waals surface area (Å²) < 4.78 is 13.9. The van der Waals surface area contributed by atoms with Gasteiger partial charge in [-0.2, -0.15) is 5.01 Å². The van der Waals surface area contributed by atoms with Gasteiger partial charge in [0.1, 0.15) is 11.6 Å². The molecule has 0 aromatic heterocycles. The maximum Gasteiger partial charge on any atom is 0.269 e. The number of hydrazine groups is 1. The number of halogens is 2. The van der Waals surface area contributed by atoms with Gasteiger partial charge in [-0.25, -0.2) is 4.39 Å². The number of nitrogens with one attached hydrogen (secondary N) is 1. The third kappa shape index (κ3) is 5.15. The van der Waals surface area contributed by atoms with E-state index in [-0.39, 0.29) is 35.7 Å². The van der Waals surface area contributed by atoms with Crippen molar-refractivity contribution in [2.75, 3.05) is 10.3 Å². The molecule has 0 radical (unpaired) electrons. The highest BCUT2D eigenvalue weighted by Crippen LogP contribution is 2.65. The predicted octanol–water partition coefficient (Wildman–Crippen LogP) is 7.01. The van der Waals surface area contributed by atoms with Crippen LogP contribution >= 0.6 is 11.6 Å². The van der Waals surface area contributed by atoms with Crippen LogP contribution in [0.25, 0.3) is 0 Å². The van der Waals surface area contributed by atoms with Gasteiger partial charge >= 0.3 is 0 Å². The molecule has 11 nitrogen and oxygen atoms in total. The number of para-hydroxylation sites is 1. The number of carbonyl (C=O) groups is 4. The van der Waals surface area contributed by atoms with Crippen LogP contribution in [-0.2, 0) is 31.0 Å². The van der Waals surface area contributed by atoms with Crippen LogP contribution in [0.3, 0.4) is 0 Å². The van der Waals surface area contributed by atoms with Gasteiger partial charge in [-0.1, -0.05) is 59.7 Å². The first kappa shape index (κ1) is 34.9. The van der Waals surface area contributed by atoms with Crippen LogP contribution in [0.5, 0.6) is 5.75 Å². The van der Waals surface area contributed by atoms with Crippen molar-refractivity contribution in [1.82, 2.24) is 5.01 Å². The van der Waals surface area contributed by atoms with E-state index in [0.29, 0.717) is 33.7 Å². The van der Waals surface area contributed by atoms with Crippen molar-refractivity contribution >= 4 is 52.3 Å². The van der Waals surface area contributed by atoms with E-state index in [4.69, 9.17) is 11.6 Å². The lowest BCUT2D eigenvalue weighted by Gasteiger charge is -2.50. The van der Waals surface area contributed by atoms with Crippen LogP contribution in [0.2, 0.25) is 5.02 Å². The highest BCUT2D eigenvalue weighted by molar-refractivity contribution is 6.30. The summed E-state index contributed by atoms with van der Waals surface area (Å²) in [6.45, 7) is 3.82. The molecule has 2 saturated heterocycles. The average Bonchev–Trinajstić information content (AvgIpc) is 3.54. The third-order valence-corrected chi connectivity index (χ3v) is 11.7. The highest BCUT2D eigenvalue weighted by atomic mass is 35.5. The zero-order valence-electron chi connectivity index (χ0n) is 28.5. The minimum atomic E-state index is -1.67. The second kappa shape index (κ2) is 13.1. The molecule has 6 unspecified atom stereocenters. The van der Waals surface area contributed by atoms with Gasteiger partial charge in [-0.05, 0) is 84.8 Å². The maximum absolute atomic E-state index is 15.3. The Morgan fingerprint density at radius 2 is 1.65 bits per heavy atom. The quantitative estimate of drug-likeness (QED) is 0.0847. The molecule has 54 heavy (non-hydrogen) atoms. The first-order valence-corrected chi connectivity index (χ1v) is 17.8. The molecule has 0 bridgehead atoms. The van der Waals surface area contributed by atoms with E-state index in [1.165, 1.54) is 48.5 Å². The molecule has 2 heterocycles. The molecule has 3 fully saturated rings. The first-order chi connectivity index (χ1) is 26.0. The molecular weight excluding hydrogens is 715 g/mol. The second-order valence-corrected chi connectivity index (χ2v) is 14.4. The first-order valence-electron chi connectivity index (χ1n) is 17.4. The largest absolute Gasteiger partial charge is 0.507 e. The van der Waals surface area contributed by atoms with E-state index in [2.05, 4.69) is 12.0 Å². The monoisotopic (exact) mass is 746 g/mol. The number of nitro groups is 1. The Balaban J connectivity index is 1.32. The SMILES string of the molecule is C=CCc1cccc(C2C3=CCC4C(=O)N(c5ccc([N+](=O)[O-])cc5)C(=O)C4C3CC3C(=O)N(Nc4ccc(F)cc4)C(=O)C32c2ccc(Cl)cc2)c1O. The van der Waals surface area contributed by atoms with Crippen LogP contribution in [0, 0.1) is 39.6 Å². The Morgan fingerprint density at radius 3 is 2.31 bits per heavy atom. The zero-order chi connectivity index (χ0) is 38.1. The molecule has 1 saturated carbocycles. The molecule has 4 amide bonds. The average molecular weight is 747 g/mol. The number of aromatic hydroxyl groups is 1. The number of hydrogen-bond acceptors (Lipinski definition) is 8. The molecule has 4 aromatic rings. The summed E-state index contributed by atoms with van der Waals surface area (Å²) in [6.07, 6.45) is 3.94. The Labute approximate surface area is 313 Å². The van der Waals surface area contributed by atoms with Gasteiger partial charge in [0, 0.05) is 28.6 Å². The van der Waals surface area contributed by atoms with Gasteiger partial charge in [-0.3, -0.25) is 39.6 Å². The number of hydrogen-bond donors (Lipinski definition) is 2. The summed E-state index contributed by atoms with van der Waals surface area (Å²) >= 11 is 6.36. The predicted molar refractivity (Wildman–Crippen MR) is 197 cm³/mol. The number of nitro benzene ring substituents is 1. The van der Waals surface area contributed by atoms with Gasteiger partial charge in [0.15, 0.2) is 0 Å². The number of non-ortho nitro benzene ring substituents is 1. The number of anilines is 2. The molecule has 6 atom stereocenters. The smallest absolute Gasteiger partial charge is 0.269 e. The van der Waals surface area contributed by atoms with Crippen molar-refractivity contribution in [3.05, 3.63) is 153 Å². The fourth-order valence-electron chi connectivity index (χ4n) is 9.14. The number of rotatable bonds is 8. The number of imide groups is 2. The number of carbonyl (C=O) groups excluding carboxylic acids is 4. The molecule has 0 spiro atoms. The summed E-state index contributed by atoms with van der Waals surface area (Å²) in [5.41, 5.74) is 3.48. The van der Waals surface area contributed by atoms with Gasteiger partial charge < -0.3 is 5.11 Å². The van der Waals surface area contributed by atoms with Gasteiger partial charge in [-0.15, -0.1) is 6.58 Å². The van der Waals surface area contributed by atoms with Crippen LogP contribution in [0.15, 0.2) is 115 Å². The molecular formula is C41H32ClFN4O7. The van der Waals surface area contributed by atoms with E-state index in [0.717, 1.165) is 9.91 Å². The van der Waals surface area contributed by atoms with Crippen molar-refractivity contribution in [3.63, 3.8) is 0 Å². The summed E-state index contributed by atoms with van der Waals surface area (Å²) in [4.78, 5) is 70.4. The minimum Gasteiger partial charge on any atom is -0.507 e. The number of amides is 4. The molecule has 4 aromatic carbocycles. The topological polar surface area (TPSA) is 150 Å². The zero-order valence-corrected chi connectivity index (χ0v) is 29.3. The Bertz CT molecular complexity index is 2300. The van der Waals surface area contributed by atoms with Crippen LogP contribution in [-0.4, -0.2) is 38.7 Å². The van der Waals surface area contributed by atoms with E-state index >= 15 is 4.79 Å². The number of phenols is 1. The fraction of sp³-hybridized carbons (Fsp3) is 0.220. The minimum absolute atomic E-state index is 0.00146. The molecule has 272 valence electrons. The van der Waals surface area contributed by atoms with Crippen molar-refractivity contribution in [2.45, 2.75) is 30.6 Å². The maximum atomic E-state index is 15.3. The molecule has 2 aliphatic carbocycles. The van der Waals surface area contributed by atoms with Crippen molar-refractivity contribution < 1.29 is 33.6 Å².